The van der Waals surface area contributed by atoms with Crippen molar-refractivity contribution >= 4 is 32.6 Å². The number of alkyl halides is 1. The molecule has 0 aliphatic heterocycles. The predicted octanol–water partition coefficient (Wildman–Crippen LogP) is 4.02. The molecule has 0 saturated carbocycles. The number of nitrogens with zero attached hydrogens (tertiary/aromatic N) is 1. The Bertz CT molecular complexity index is 577. The highest BCUT2D eigenvalue weighted by atomic mass is 79.9. The van der Waals surface area contributed by atoms with Crippen molar-refractivity contribution in [2.24, 2.45) is 0 Å². The van der Waals surface area contributed by atoms with Crippen molar-refractivity contribution in [3.63, 3.8) is 0 Å². The van der Waals surface area contributed by atoms with Crippen LogP contribution in [-0.2, 0) is 11.2 Å². The third kappa shape index (κ3) is 3.60. The number of halogens is 1. The van der Waals surface area contributed by atoms with Crippen LogP contribution >= 0.6 is 15.9 Å². The molecule has 2 rings (SSSR count). The van der Waals surface area contributed by atoms with Gasteiger partial charge < -0.3 is 4.90 Å². The molecule has 0 saturated heterocycles. The summed E-state index contributed by atoms with van der Waals surface area (Å²) in [6, 6.07) is 14.4. The van der Waals surface area contributed by atoms with Crippen LogP contribution in [0.4, 0.5) is 0 Å². The van der Waals surface area contributed by atoms with Crippen LogP contribution in [0.1, 0.15) is 18.9 Å². The number of rotatable bonds is 6. The van der Waals surface area contributed by atoms with E-state index in [1.165, 1.54) is 10.8 Å². The van der Waals surface area contributed by atoms with Gasteiger partial charge in [0.15, 0.2) is 0 Å². The molecular weight excluding hydrogens is 314 g/mol. The van der Waals surface area contributed by atoms with Crippen LogP contribution < -0.4 is 0 Å². The molecule has 106 valence electrons. The topological polar surface area (TPSA) is 20.3 Å². The Kier molecular flexibility index (Phi) is 5.60. The smallest absolute Gasteiger partial charge is 0.227 e. The van der Waals surface area contributed by atoms with Gasteiger partial charge in [-0.25, -0.2) is 0 Å². The molecule has 0 aromatic heterocycles. The Morgan fingerprint density at radius 3 is 2.65 bits per heavy atom. The number of carbonyl (C=O) groups is 1. The Labute approximate surface area is 128 Å². The minimum atomic E-state index is 0.213. The predicted molar refractivity (Wildman–Crippen MR) is 88.3 cm³/mol. The Morgan fingerprint density at radius 2 is 1.90 bits per heavy atom. The summed E-state index contributed by atoms with van der Waals surface area (Å²) in [5, 5.41) is 3.31. The minimum Gasteiger partial charge on any atom is -0.343 e. The van der Waals surface area contributed by atoms with E-state index in [2.05, 4.69) is 40.2 Å². The maximum Gasteiger partial charge on any atom is 0.227 e. The maximum atomic E-state index is 12.4. The zero-order valence-electron chi connectivity index (χ0n) is 11.8. The molecule has 0 atom stereocenters. The van der Waals surface area contributed by atoms with Gasteiger partial charge in [0.05, 0.1) is 6.42 Å². The minimum absolute atomic E-state index is 0.213. The van der Waals surface area contributed by atoms with Crippen molar-refractivity contribution in [3.8, 4) is 0 Å². The van der Waals surface area contributed by atoms with Gasteiger partial charge in [-0.3, -0.25) is 4.79 Å². The molecule has 2 aromatic rings. The third-order valence-corrected chi connectivity index (χ3v) is 4.08. The summed E-state index contributed by atoms with van der Waals surface area (Å²) < 4.78 is 0. The first-order chi connectivity index (χ1) is 9.76. The fourth-order valence-corrected chi connectivity index (χ4v) is 2.68. The average Bonchev–Trinajstić information content (AvgIpc) is 2.48. The van der Waals surface area contributed by atoms with Crippen LogP contribution in [0.3, 0.4) is 0 Å². The molecule has 0 heterocycles. The maximum absolute atomic E-state index is 12.4. The summed E-state index contributed by atoms with van der Waals surface area (Å²) in [5.74, 6) is 0.213. The number of hydrogen-bond donors (Lipinski definition) is 0. The van der Waals surface area contributed by atoms with Gasteiger partial charge in [0, 0.05) is 18.4 Å². The highest BCUT2D eigenvalue weighted by Crippen LogP contribution is 2.19. The van der Waals surface area contributed by atoms with Gasteiger partial charge in [-0.2, -0.15) is 0 Å². The van der Waals surface area contributed by atoms with Crippen LogP contribution in [0.5, 0.6) is 0 Å². The second kappa shape index (κ2) is 7.44. The van der Waals surface area contributed by atoms with Gasteiger partial charge in [-0.1, -0.05) is 58.4 Å². The Hall–Kier alpha value is -1.35. The van der Waals surface area contributed by atoms with E-state index in [9.17, 15) is 4.79 Å². The molecule has 0 aliphatic carbocycles. The molecule has 3 heteroatoms. The molecule has 0 radical (unpaired) electrons. The van der Waals surface area contributed by atoms with E-state index in [1.807, 2.05) is 30.0 Å². The summed E-state index contributed by atoms with van der Waals surface area (Å²) >= 11 is 3.42. The summed E-state index contributed by atoms with van der Waals surface area (Å²) in [4.78, 5) is 14.3. The van der Waals surface area contributed by atoms with Crippen molar-refractivity contribution in [1.82, 2.24) is 4.90 Å². The second-order valence-corrected chi connectivity index (χ2v) is 5.62. The van der Waals surface area contributed by atoms with Crippen LogP contribution in [0.25, 0.3) is 10.8 Å². The van der Waals surface area contributed by atoms with Crippen LogP contribution in [-0.4, -0.2) is 29.2 Å². The monoisotopic (exact) mass is 333 g/mol. The molecular formula is C17H20BrNO. The first-order valence-corrected chi connectivity index (χ1v) is 8.18. The summed E-state index contributed by atoms with van der Waals surface area (Å²) in [6.07, 6.45) is 1.48. The standard InChI is InChI=1S/C17H20BrNO/c1-2-19(12-6-11-18)17(20)13-15-9-5-8-14-7-3-4-10-16(14)15/h3-5,7-10H,2,6,11-13H2,1H3. The fraction of sp³-hybridized carbons (Fsp3) is 0.353. The molecule has 0 aliphatic rings. The van der Waals surface area contributed by atoms with Crippen molar-refractivity contribution in [3.05, 3.63) is 48.0 Å². The first kappa shape index (κ1) is 15.0. The summed E-state index contributed by atoms with van der Waals surface area (Å²) in [7, 11) is 0. The van der Waals surface area contributed by atoms with E-state index < -0.39 is 0 Å². The molecule has 0 fully saturated rings. The summed E-state index contributed by atoms with van der Waals surface area (Å²) in [6.45, 7) is 3.64. The lowest BCUT2D eigenvalue weighted by molar-refractivity contribution is -0.130. The third-order valence-electron chi connectivity index (χ3n) is 3.52. The zero-order valence-corrected chi connectivity index (χ0v) is 13.4. The number of carbonyl (C=O) groups excluding carboxylic acids is 1. The largest absolute Gasteiger partial charge is 0.343 e. The van der Waals surface area contributed by atoms with E-state index in [4.69, 9.17) is 0 Å². The second-order valence-electron chi connectivity index (χ2n) is 4.83. The quantitative estimate of drug-likeness (QED) is 0.731. The molecule has 20 heavy (non-hydrogen) atoms. The Morgan fingerprint density at radius 1 is 1.15 bits per heavy atom. The molecule has 0 spiro atoms. The number of fused-ring (bicyclic) bond motifs is 1. The van der Waals surface area contributed by atoms with E-state index in [-0.39, 0.29) is 5.91 Å². The first-order valence-electron chi connectivity index (χ1n) is 7.06. The number of amides is 1. The van der Waals surface area contributed by atoms with Crippen molar-refractivity contribution in [1.29, 1.82) is 0 Å². The molecule has 2 aromatic carbocycles. The molecule has 1 amide bonds. The van der Waals surface area contributed by atoms with Gasteiger partial charge in [-0.15, -0.1) is 0 Å². The Balaban J connectivity index is 2.17. The van der Waals surface area contributed by atoms with Gasteiger partial charge in [-0.05, 0) is 29.7 Å². The van der Waals surface area contributed by atoms with Gasteiger partial charge in [0.2, 0.25) is 5.91 Å². The van der Waals surface area contributed by atoms with E-state index >= 15 is 0 Å². The SMILES string of the molecule is CCN(CCCBr)C(=O)Cc1cccc2ccccc12. The van der Waals surface area contributed by atoms with E-state index in [0.717, 1.165) is 30.4 Å². The highest BCUT2D eigenvalue weighted by molar-refractivity contribution is 9.09. The number of benzene rings is 2. The van der Waals surface area contributed by atoms with Crippen molar-refractivity contribution < 1.29 is 4.79 Å². The fourth-order valence-electron chi connectivity index (χ4n) is 2.43. The van der Waals surface area contributed by atoms with Crippen LogP contribution in [0.15, 0.2) is 42.5 Å². The molecule has 0 unspecified atom stereocenters. The molecule has 0 N–H and O–H groups in total. The average molecular weight is 334 g/mol. The lowest BCUT2D eigenvalue weighted by Crippen LogP contribution is -2.33. The van der Waals surface area contributed by atoms with Gasteiger partial charge in [0.1, 0.15) is 0 Å². The lowest BCUT2D eigenvalue weighted by atomic mass is 10.0. The van der Waals surface area contributed by atoms with Gasteiger partial charge in [0.25, 0.3) is 0 Å². The van der Waals surface area contributed by atoms with E-state index in [0.29, 0.717) is 6.42 Å². The molecule has 0 bridgehead atoms. The van der Waals surface area contributed by atoms with Crippen molar-refractivity contribution in [2.75, 3.05) is 18.4 Å². The van der Waals surface area contributed by atoms with E-state index in [1.54, 1.807) is 0 Å². The van der Waals surface area contributed by atoms with Crippen molar-refractivity contribution in [2.45, 2.75) is 19.8 Å². The van der Waals surface area contributed by atoms with Crippen LogP contribution in [0.2, 0.25) is 0 Å². The van der Waals surface area contributed by atoms with Crippen LogP contribution in [0, 0.1) is 0 Å². The number of likely N-dealkylation sites (N-methyl/N-ethyl adjacent to an activating group) is 1. The normalized spacial score (nSPS) is 10.7. The molecule has 2 nitrogen and oxygen atoms in total. The van der Waals surface area contributed by atoms with Gasteiger partial charge >= 0.3 is 0 Å². The highest BCUT2D eigenvalue weighted by Gasteiger charge is 2.13. The number of hydrogen-bond acceptors (Lipinski definition) is 1. The zero-order chi connectivity index (χ0) is 14.4. The summed E-state index contributed by atoms with van der Waals surface area (Å²) in [5.41, 5.74) is 1.12. The lowest BCUT2D eigenvalue weighted by Gasteiger charge is -2.20.